The fourth-order valence-corrected chi connectivity index (χ4v) is 1.97. The van der Waals surface area contributed by atoms with Crippen molar-refractivity contribution in [3.63, 3.8) is 0 Å². The summed E-state index contributed by atoms with van der Waals surface area (Å²) in [5, 5.41) is 5.79. The van der Waals surface area contributed by atoms with Gasteiger partial charge >= 0.3 is 6.03 Å². The first kappa shape index (κ1) is 14.6. The van der Waals surface area contributed by atoms with Gasteiger partial charge in [0.25, 0.3) is 0 Å². The Morgan fingerprint density at radius 2 is 1.95 bits per heavy atom. The number of halogens is 3. The number of rotatable bonds is 3. The highest BCUT2D eigenvalue weighted by molar-refractivity contribution is 6.31. The molecule has 2 aromatic carbocycles. The van der Waals surface area contributed by atoms with Crippen LogP contribution < -0.4 is 10.6 Å². The standard InChI is InChI=1S/C14H11Cl2FN2O/c15-10-3-1-2-9(6-10)8-18-14(20)19-11-4-5-13(17)12(16)7-11/h1-7H,8H2,(H2,18,19,20). The summed E-state index contributed by atoms with van der Waals surface area (Å²) in [6.45, 7) is 0.335. The van der Waals surface area contributed by atoms with Crippen molar-refractivity contribution in [2.45, 2.75) is 6.54 Å². The van der Waals surface area contributed by atoms with Crippen molar-refractivity contribution in [3.05, 3.63) is 63.9 Å². The molecule has 0 aliphatic rings. The van der Waals surface area contributed by atoms with Gasteiger partial charge in [-0.1, -0.05) is 35.3 Å². The number of nitrogens with one attached hydrogen (secondary N) is 2. The van der Waals surface area contributed by atoms with E-state index in [2.05, 4.69) is 10.6 Å². The molecule has 0 aliphatic heterocycles. The van der Waals surface area contributed by atoms with E-state index in [0.29, 0.717) is 17.3 Å². The highest BCUT2D eigenvalue weighted by atomic mass is 35.5. The van der Waals surface area contributed by atoms with Gasteiger partial charge in [0, 0.05) is 17.3 Å². The van der Waals surface area contributed by atoms with E-state index < -0.39 is 11.8 Å². The van der Waals surface area contributed by atoms with Crippen LogP contribution in [0.25, 0.3) is 0 Å². The van der Waals surface area contributed by atoms with E-state index in [4.69, 9.17) is 23.2 Å². The van der Waals surface area contributed by atoms with Crippen LogP contribution in [0.5, 0.6) is 0 Å². The van der Waals surface area contributed by atoms with Crippen LogP contribution in [0.4, 0.5) is 14.9 Å². The summed E-state index contributed by atoms with van der Waals surface area (Å²) in [6.07, 6.45) is 0. The number of benzene rings is 2. The van der Waals surface area contributed by atoms with E-state index in [9.17, 15) is 9.18 Å². The molecule has 3 nitrogen and oxygen atoms in total. The van der Waals surface area contributed by atoms with Crippen LogP contribution >= 0.6 is 23.2 Å². The molecule has 0 spiro atoms. The molecule has 0 saturated heterocycles. The maximum absolute atomic E-state index is 13.0. The summed E-state index contributed by atoms with van der Waals surface area (Å²) < 4.78 is 13.0. The zero-order valence-electron chi connectivity index (χ0n) is 10.3. The molecule has 0 atom stereocenters. The Kier molecular flexibility index (Phi) is 4.82. The predicted molar refractivity (Wildman–Crippen MR) is 78.7 cm³/mol. The molecular weight excluding hydrogens is 302 g/mol. The number of hydrogen-bond donors (Lipinski definition) is 2. The fraction of sp³-hybridized carbons (Fsp3) is 0.0714. The highest BCUT2D eigenvalue weighted by Gasteiger charge is 2.05. The third-order valence-electron chi connectivity index (χ3n) is 2.52. The van der Waals surface area contributed by atoms with Gasteiger partial charge in [0.1, 0.15) is 5.82 Å². The lowest BCUT2D eigenvalue weighted by atomic mass is 10.2. The molecule has 2 amide bonds. The average Bonchev–Trinajstić information content (AvgIpc) is 2.41. The Morgan fingerprint density at radius 3 is 2.65 bits per heavy atom. The SMILES string of the molecule is O=C(NCc1cccc(Cl)c1)Nc1ccc(F)c(Cl)c1. The summed E-state index contributed by atoms with van der Waals surface area (Å²) in [4.78, 5) is 11.7. The monoisotopic (exact) mass is 312 g/mol. The molecule has 0 aromatic heterocycles. The first-order valence-electron chi connectivity index (χ1n) is 5.79. The third kappa shape index (κ3) is 4.11. The van der Waals surface area contributed by atoms with Crippen molar-refractivity contribution < 1.29 is 9.18 Å². The minimum Gasteiger partial charge on any atom is -0.334 e. The molecule has 6 heteroatoms. The van der Waals surface area contributed by atoms with Gasteiger partial charge in [-0.3, -0.25) is 0 Å². The molecule has 2 rings (SSSR count). The Hall–Kier alpha value is -1.78. The van der Waals surface area contributed by atoms with Crippen molar-refractivity contribution in [1.82, 2.24) is 5.32 Å². The molecule has 104 valence electrons. The molecule has 0 bridgehead atoms. The van der Waals surface area contributed by atoms with Crippen molar-refractivity contribution in [1.29, 1.82) is 0 Å². The Morgan fingerprint density at radius 1 is 1.15 bits per heavy atom. The van der Waals surface area contributed by atoms with Crippen LogP contribution in [0.1, 0.15) is 5.56 Å². The Balaban J connectivity index is 1.91. The van der Waals surface area contributed by atoms with E-state index in [0.717, 1.165) is 5.56 Å². The fourth-order valence-electron chi connectivity index (χ4n) is 1.58. The highest BCUT2D eigenvalue weighted by Crippen LogP contribution is 2.19. The van der Waals surface area contributed by atoms with Crippen LogP contribution in [0.2, 0.25) is 10.0 Å². The lowest BCUT2D eigenvalue weighted by Gasteiger charge is -2.08. The van der Waals surface area contributed by atoms with E-state index in [-0.39, 0.29) is 5.02 Å². The van der Waals surface area contributed by atoms with E-state index >= 15 is 0 Å². The van der Waals surface area contributed by atoms with Crippen molar-refractivity contribution in [2.24, 2.45) is 0 Å². The van der Waals surface area contributed by atoms with Gasteiger partial charge in [0.05, 0.1) is 5.02 Å². The second-order valence-electron chi connectivity index (χ2n) is 4.07. The summed E-state index contributed by atoms with van der Waals surface area (Å²) in [7, 11) is 0. The molecule has 0 aliphatic carbocycles. The summed E-state index contributed by atoms with van der Waals surface area (Å²) >= 11 is 11.5. The van der Waals surface area contributed by atoms with E-state index in [1.54, 1.807) is 18.2 Å². The Bertz CT molecular complexity index is 634. The van der Waals surface area contributed by atoms with E-state index in [1.807, 2.05) is 6.07 Å². The molecule has 0 heterocycles. The lowest BCUT2D eigenvalue weighted by molar-refractivity contribution is 0.251. The maximum atomic E-state index is 13.0. The molecular formula is C14H11Cl2FN2O. The van der Waals surface area contributed by atoms with Crippen molar-refractivity contribution in [2.75, 3.05) is 5.32 Å². The van der Waals surface area contributed by atoms with Gasteiger partial charge in [0.15, 0.2) is 0 Å². The number of anilines is 1. The largest absolute Gasteiger partial charge is 0.334 e. The van der Waals surface area contributed by atoms with Crippen molar-refractivity contribution in [3.8, 4) is 0 Å². The van der Waals surface area contributed by atoms with Crippen LogP contribution in [-0.4, -0.2) is 6.03 Å². The molecule has 2 aromatic rings. The molecule has 0 unspecified atom stereocenters. The quantitative estimate of drug-likeness (QED) is 0.863. The summed E-state index contributed by atoms with van der Waals surface area (Å²) in [5.74, 6) is -0.531. The molecule has 0 radical (unpaired) electrons. The van der Waals surface area contributed by atoms with Crippen LogP contribution in [-0.2, 0) is 6.54 Å². The second kappa shape index (κ2) is 6.59. The van der Waals surface area contributed by atoms with E-state index in [1.165, 1.54) is 18.2 Å². The molecule has 0 fully saturated rings. The van der Waals surface area contributed by atoms with Gasteiger partial charge < -0.3 is 10.6 Å². The minimum absolute atomic E-state index is 0.0439. The number of carbonyl (C=O) groups is 1. The maximum Gasteiger partial charge on any atom is 0.319 e. The average molecular weight is 313 g/mol. The summed E-state index contributed by atoms with van der Waals surface area (Å²) in [5.41, 5.74) is 1.30. The Labute approximate surface area is 125 Å². The van der Waals surface area contributed by atoms with Gasteiger partial charge in [-0.25, -0.2) is 9.18 Å². The molecule has 20 heavy (non-hydrogen) atoms. The third-order valence-corrected chi connectivity index (χ3v) is 3.04. The van der Waals surface area contributed by atoms with Gasteiger partial charge in [-0.05, 0) is 35.9 Å². The molecule has 2 N–H and O–H groups in total. The van der Waals surface area contributed by atoms with Crippen LogP contribution in [0.3, 0.4) is 0 Å². The van der Waals surface area contributed by atoms with Gasteiger partial charge in [-0.15, -0.1) is 0 Å². The minimum atomic E-state index is -0.531. The number of hydrogen-bond acceptors (Lipinski definition) is 1. The van der Waals surface area contributed by atoms with Crippen LogP contribution in [0, 0.1) is 5.82 Å². The predicted octanol–water partition coefficient (Wildman–Crippen LogP) is 4.45. The topological polar surface area (TPSA) is 41.1 Å². The first-order chi connectivity index (χ1) is 9.54. The second-order valence-corrected chi connectivity index (χ2v) is 4.91. The molecule has 0 saturated carbocycles. The van der Waals surface area contributed by atoms with Crippen LogP contribution in [0.15, 0.2) is 42.5 Å². The summed E-state index contributed by atoms with van der Waals surface area (Å²) in [6, 6.07) is 10.7. The zero-order chi connectivity index (χ0) is 14.5. The smallest absolute Gasteiger partial charge is 0.319 e. The number of amides is 2. The number of urea groups is 1. The van der Waals surface area contributed by atoms with Gasteiger partial charge in [-0.2, -0.15) is 0 Å². The number of carbonyl (C=O) groups excluding carboxylic acids is 1. The van der Waals surface area contributed by atoms with Gasteiger partial charge in [0.2, 0.25) is 0 Å². The first-order valence-corrected chi connectivity index (χ1v) is 6.54. The zero-order valence-corrected chi connectivity index (χ0v) is 11.8. The van der Waals surface area contributed by atoms with Crippen molar-refractivity contribution >= 4 is 34.9 Å². The lowest BCUT2D eigenvalue weighted by Crippen LogP contribution is -2.28. The normalized spacial score (nSPS) is 10.2.